The number of rotatable bonds is 0. The van der Waals surface area contributed by atoms with Crippen molar-refractivity contribution in [2.24, 2.45) is 0 Å². The van der Waals surface area contributed by atoms with Crippen LogP contribution in [-0.2, 0) is 62.1 Å². The normalized spacial score (nSPS) is 20.8. The zero-order valence-corrected chi connectivity index (χ0v) is 25.3. The van der Waals surface area contributed by atoms with E-state index >= 15 is 0 Å². The van der Waals surface area contributed by atoms with Gasteiger partial charge in [-0.2, -0.15) is 0 Å². The summed E-state index contributed by atoms with van der Waals surface area (Å²) in [5, 5.41) is 0. The van der Waals surface area contributed by atoms with Gasteiger partial charge in [-0.25, -0.2) is 0 Å². The number of hydrogen-bond acceptors (Lipinski definition) is 3. The zero-order chi connectivity index (χ0) is 24.3. The first-order valence-corrected chi connectivity index (χ1v) is 16.0. The molecule has 4 fully saturated rings. The van der Waals surface area contributed by atoms with E-state index in [0.717, 1.165) is 9.83 Å². The Kier molecular flexibility index (Phi) is 41.1. The molecule has 0 aromatic heterocycles. The van der Waals surface area contributed by atoms with Crippen LogP contribution in [0.4, 0.5) is 0 Å². The summed E-state index contributed by atoms with van der Waals surface area (Å²) < 4.78 is 0. The Balaban J connectivity index is -0.000000308. The van der Waals surface area contributed by atoms with E-state index in [-0.39, 0.29) is 0 Å². The van der Waals surface area contributed by atoms with Crippen molar-refractivity contribution >= 4 is 51.8 Å². The van der Waals surface area contributed by atoms with Gasteiger partial charge in [0.25, 0.3) is 0 Å². The molecular weight excluding hydrogens is 551 g/mol. The second kappa shape index (κ2) is 33.1. The summed E-state index contributed by atoms with van der Waals surface area (Å²) in [6.45, 7) is 8.33. The van der Waals surface area contributed by atoms with Crippen molar-refractivity contribution in [3.8, 4) is 0 Å². The van der Waals surface area contributed by atoms with Crippen LogP contribution in [0.1, 0.15) is 27.7 Å². The second-order valence-electron chi connectivity index (χ2n) is 5.92. The Bertz CT molecular complexity index is 237. The Morgan fingerprint density at radius 3 is 0.581 bits per heavy atom. The largest absolute Gasteiger partial charge is 0.747 e. The molecule has 0 saturated heterocycles. The molecule has 31 heavy (non-hydrogen) atoms. The van der Waals surface area contributed by atoms with E-state index in [1.54, 1.807) is 0 Å². The molecule has 0 nitrogen and oxygen atoms in total. The minimum Gasteiger partial charge on any atom is -0.747 e. The molecule has 0 amide bonds. The molecule has 0 heterocycles. The molecule has 0 aromatic carbocycles. The monoisotopic (exact) mass is 578 g/mol. The predicted octanol–water partition coefficient (Wildman–Crippen LogP) is 7.66. The first-order chi connectivity index (χ1) is 15.0. The zero-order valence-electron chi connectivity index (χ0n) is 18.2. The van der Waals surface area contributed by atoms with Crippen LogP contribution in [0.25, 0.3) is 0 Å². The molecule has 7 heteroatoms. The first kappa shape index (κ1) is 38.6. The fourth-order valence-corrected chi connectivity index (χ4v) is 1.88. The minimum absolute atomic E-state index is 0.917. The van der Waals surface area contributed by atoms with Gasteiger partial charge in [0, 0.05) is 0 Å². The van der Waals surface area contributed by atoms with Crippen molar-refractivity contribution in [3.63, 3.8) is 0 Å². The standard InChI is InChI=1S/4C6H7.2ClH.H2S3.2Ti/c4*1-6-4-2-3-5-6;;;1-3-2;;/h4*2-5H,1H3;2*1H;1-2H;;/q;;;;;;;2*+4/p-4. The summed E-state index contributed by atoms with van der Waals surface area (Å²) in [5.74, 6) is 5.37. The molecule has 0 N–H and O–H groups in total. The molecular formula is C24H28Cl2S3Ti2+4. The maximum Gasteiger partial charge on any atom is -0.507 e. The Hall–Kier alpha value is 3.06. The molecule has 4 saturated carbocycles. The summed E-state index contributed by atoms with van der Waals surface area (Å²) in [6.07, 6.45) is 33.0. The van der Waals surface area contributed by atoms with Crippen LogP contribution in [0, 0.1) is 126 Å². The average molecular weight is 579 g/mol. The Morgan fingerprint density at radius 2 is 0.548 bits per heavy atom. The fraction of sp³-hybridized carbons (Fsp3) is 0.167. The van der Waals surface area contributed by atoms with Crippen molar-refractivity contribution in [3.05, 3.63) is 126 Å². The van der Waals surface area contributed by atoms with Crippen LogP contribution in [0.5, 0.6) is 0 Å². The molecule has 160 valence electrons. The summed E-state index contributed by atoms with van der Waals surface area (Å²) >= 11 is 11.2. The maximum absolute atomic E-state index is 4.64. The molecule has 20 radical (unpaired) electrons. The van der Waals surface area contributed by atoms with Crippen LogP contribution >= 0.6 is 28.4 Å². The molecule has 0 bridgehead atoms. The van der Waals surface area contributed by atoms with Crippen LogP contribution in [-0.4, -0.2) is 0 Å². The number of halogens is 2. The third-order valence-electron chi connectivity index (χ3n) is 3.32. The second-order valence-corrected chi connectivity index (χ2v) is 7.69. The van der Waals surface area contributed by atoms with E-state index in [9.17, 15) is 0 Å². The summed E-state index contributed by atoms with van der Waals surface area (Å²) in [4.78, 5) is 0. The summed E-state index contributed by atoms with van der Waals surface area (Å²) in [5.41, 5.74) is 0. The average Bonchev–Trinajstić information content (AvgIpc) is 3.59. The van der Waals surface area contributed by atoms with Crippen molar-refractivity contribution in [1.82, 2.24) is 0 Å². The van der Waals surface area contributed by atoms with Gasteiger partial charge >= 0.3 is 57.4 Å². The van der Waals surface area contributed by atoms with Crippen molar-refractivity contribution in [2.45, 2.75) is 27.7 Å². The van der Waals surface area contributed by atoms with E-state index in [1.807, 2.05) is 51.4 Å². The molecule has 4 rings (SSSR count). The van der Waals surface area contributed by atoms with Gasteiger partial charge in [-0.3, -0.25) is 0 Å². The van der Waals surface area contributed by atoms with Crippen molar-refractivity contribution in [1.29, 1.82) is 0 Å². The molecule has 0 aromatic rings. The van der Waals surface area contributed by atoms with E-state index in [0.29, 0.717) is 0 Å². The molecule has 0 aliphatic heterocycles. The minimum atomic E-state index is 0.917. The number of hydrogen-bond donors (Lipinski definition) is 0. The van der Waals surface area contributed by atoms with Crippen LogP contribution in [0.15, 0.2) is 0 Å². The van der Waals surface area contributed by atoms with Crippen LogP contribution in [0.3, 0.4) is 0 Å². The molecule has 4 aliphatic carbocycles. The Labute approximate surface area is 242 Å². The molecule has 4 aliphatic rings. The third kappa shape index (κ3) is 33.1. The SMILES string of the molecule is C[C]1[CH][CH][CH][CH]1.C[C]1[CH][CH][CH][CH]1.C[C]1[CH][CH][CH][CH]1.C[C]1[CH][CH][CH][CH]1.[Cl][Ti+3].[Cl][Ti+3].[S-]S[S-]. The van der Waals surface area contributed by atoms with Gasteiger partial charge in [0.2, 0.25) is 0 Å². The fourth-order valence-electron chi connectivity index (χ4n) is 1.88. The third-order valence-corrected chi connectivity index (χ3v) is 3.32. The summed E-state index contributed by atoms with van der Waals surface area (Å²) in [7, 11) is 10.2. The Morgan fingerprint density at radius 1 is 0.452 bits per heavy atom. The van der Waals surface area contributed by atoms with Crippen LogP contribution in [0.2, 0.25) is 0 Å². The summed E-state index contributed by atoms with van der Waals surface area (Å²) in [6, 6.07) is 0. The van der Waals surface area contributed by atoms with Gasteiger partial charge in [0.1, 0.15) is 0 Å². The van der Waals surface area contributed by atoms with Gasteiger partial charge in [-0.1, -0.05) is 27.7 Å². The topological polar surface area (TPSA) is 0 Å². The van der Waals surface area contributed by atoms with Gasteiger partial charge in [-0.05, 0) is 126 Å². The van der Waals surface area contributed by atoms with E-state index in [1.165, 1.54) is 62.4 Å². The van der Waals surface area contributed by atoms with E-state index in [2.05, 4.69) is 121 Å². The van der Waals surface area contributed by atoms with Crippen LogP contribution < -0.4 is 0 Å². The van der Waals surface area contributed by atoms with Crippen molar-refractivity contribution in [2.75, 3.05) is 0 Å². The molecule has 0 atom stereocenters. The van der Waals surface area contributed by atoms with Gasteiger partial charge in [0.15, 0.2) is 0 Å². The smallest absolute Gasteiger partial charge is 0.507 e. The van der Waals surface area contributed by atoms with Gasteiger partial charge < -0.3 is 33.1 Å². The maximum atomic E-state index is 4.64. The molecule has 0 spiro atoms. The first-order valence-electron chi connectivity index (χ1n) is 9.02. The van der Waals surface area contributed by atoms with Gasteiger partial charge in [0.05, 0.1) is 0 Å². The van der Waals surface area contributed by atoms with Crippen molar-refractivity contribution < 1.29 is 38.7 Å². The van der Waals surface area contributed by atoms with E-state index < -0.39 is 0 Å². The van der Waals surface area contributed by atoms with E-state index in [4.69, 9.17) is 0 Å². The quantitative estimate of drug-likeness (QED) is 0.164. The molecule has 0 unspecified atom stereocenters. The predicted molar refractivity (Wildman–Crippen MR) is 138 cm³/mol. The van der Waals surface area contributed by atoms with Gasteiger partial charge in [-0.15, -0.1) is 0 Å².